The smallest absolute Gasteiger partial charge is 0.213 e. The first-order valence-corrected chi connectivity index (χ1v) is 5.74. The Morgan fingerprint density at radius 3 is 2.83 bits per heavy atom. The van der Waals surface area contributed by atoms with Crippen LogP contribution in [0.4, 0.5) is 10.2 Å². The molecule has 96 valence electrons. The van der Waals surface area contributed by atoms with Crippen molar-refractivity contribution in [3.63, 3.8) is 0 Å². The molecule has 2 aromatic rings. The van der Waals surface area contributed by atoms with Gasteiger partial charge in [-0.3, -0.25) is 0 Å². The van der Waals surface area contributed by atoms with Crippen molar-refractivity contribution in [2.75, 3.05) is 12.4 Å². The van der Waals surface area contributed by atoms with Crippen LogP contribution in [0.15, 0.2) is 24.3 Å². The zero-order valence-electron chi connectivity index (χ0n) is 10.1. The number of anilines is 1. The van der Waals surface area contributed by atoms with Crippen LogP contribution in [-0.4, -0.2) is 16.9 Å². The van der Waals surface area contributed by atoms with Gasteiger partial charge in [0.1, 0.15) is 5.82 Å². The van der Waals surface area contributed by atoms with E-state index in [0.717, 1.165) is 5.56 Å². The summed E-state index contributed by atoms with van der Waals surface area (Å²) in [5, 5.41) is 7.44. The number of halogens is 2. The second-order valence-electron chi connectivity index (χ2n) is 3.80. The van der Waals surface area contributed by atoms with E-state index in [1.165, 1.54) is 6.07 Å². The summed E-state index contributed by atoms with van der Waals surface area (Å²) in [6, 6.07) is 6.39. The summed E-state index contributed by atoms with van der Waals surface area (Å²) in [6.45, 7) is 0.514. The Kier molecular flexibility index (Phi) is 3.72. The molecule has 0 amide bonds. The normalized spacial score (nSPS) is 10.4. The number of hydrogen-bond donors (Lipinski definition) is 1. The fourth-order valence-corrected chi connectivity index (χ4v) is 1.77. The summed E-state index contributed by atoms with van der Waals surface area (Å²) < 4.78 is 19.7. The number of rotatable bonds is 4. The number of aromatic nitrogens is 2. The number of methoxy groups -OCH3 is 1. The molecular weight excluding hydrogens is 257 g/mol. The lowest BCUT2D eigenvalue weighted by molar-refractivity contribution is 0.373. The summed E-state index contributed by atoms with van der Waals surface area (Å²) in [5.74, 6) is 0.935. The molecule has 1 heterocycles. The Bertz CT molecular complexity index is 556. The standard InChI is InChI=1S/C12H13ClFN3O/c1-17-12(18-2)6-11(16-17)15-7-8-3-4-10(14)9(13)5-8/h3-6H,7H2,1-2H3,(H,15,16). The maximum Gasteiger partial charge on any atom is 0.213 e. The first-order valence-electron chi connectivity index (χ1n) is 5.36. The highest BCUT2D eigenvalue weighted by Crippen LogP contribution is 2.18. The van der Waals surface area contributed by atoms with Gasteiger partial charge < -0.3 is 10.1 Å². The lowest BCUT2D eigenvalue weighted by atomic mass is 10.2. The quantitative estimate of drug-likeness (QED) is 0.928. The van der Waals surface area contributed by atoms with Crippen LogP contribution in [-0.2, 0) is 13.6 Å². The third-order valence-corrected chi connectivity index (χ3v) is 2.79. The molecule has 0 fully saturated rings. The molecule has 0 aliphatic carbocycles. The van der Waals surface area contributed by atoms with Crippen LogP contribution in [0, 0.1) is 5.82 Å². The Labute approximate surface area is 109 Å². The summed E-state index contributed by atoms with van der Waals surface area (Å²) in [5.41, 5.74) is 0.881. The number of nitrogens with one attached hydrogen (secondary N) is 1. The van der Waals surface area contributed by atoms with E-state index in [1.54, 1.807) is 37.0 Å². The van der Waals surface area contributed by atoms with Gasteiger partial charge in [0, 0.05) is 19.7 Å². The van der Waals surface area contributed by atoms with Gasteiger partial charge in [0.25, 0.3) is 0 Å². The maximum atomic E-state index is 13.0. The first-order chi connectivity index (χ1) is 8.60. The second-order valence-corrected chi connectivity index (χ2v) is 4.20. The SMILES string of the molecule is COc1cc(NCc2ccc(F)c(Cl)c2)nn1C. The highest BCUT2D eigenvalue weighted by molar-refractivity contribution is 6.30. The van der Waals surface area contributed by atoms with E-state index in [0.29, 0.717) is 18.2 Å². The molecule has 6 heteroatoms. The molecule has 2 rings (SSSR count). The molecule has 0 aliphatic heterocycles. The number of hydrogen-bond acceptors (Lipinski definition) is 3. The predicted molar refractivity (Wildman–Crippen MR) is 68.5 cm³/mol. The van der Waals surface area contributed by atoms with E-state index in [1.807, 2.05) is 0 Å². The molecule has 18 heavy (non-hydrogen) atoms. The van der Waals surface area contributed by atoms with Crippen molar-refractivity contribution in [2.24, 2.45) is 7.05 Å². The van der Waals surface area contributed by atoms with Crippen LogP contribution < -0.4 is 10.1 Å². The average molecular weight is 270 g/mol. The zero-order valence-corrected chi connectivity index (χ0v) is 10.8. The van der Waals surface area contributed by atoms with Crippen molar-refractivity contribution in [2.45, 2.75) is 6.54 Å². The Hall–Kier alpha value is -1.75. The monoisotopic (exact) mass is 269 g/mol. The van der Waals surface area contributed by atoms with E-state index in [9.17, 15) is 4.39 Å². The number of benzene rings is 1. The molecule has 1 aromatic carbocycles. The van der Waals surface area contributed by atoms with E-state index < -0.39 is 5.82 Å². The van der Waals surface area contributed by atoms with Gasteiger partial charge in [-0.2, -0.15) is 5.10 Å². The van der Waals surface area contributed by atoms with Gasteiger partial charge in [0.2, 0.25) is 5.88 Å². The number of ether oxygens (including phenoxy) is 1. The van der Waals surface area contributed by atoms with Crippen molar-refractivity contribution >= 4 is 17.4 Å². The fraction of sp³-hybridized carbons (Fsp3) is 0.250. The highest BCUT2D eigenvalue weighted by Gasteiger charge is 2.05. The highest BCUT2D eigenvalue weighted by atomic mass is 35.5. The third kappa shape index (κ3) is 2.73. The van der Waals surface area contributed by atoms with Crippen molar-refractivity contribution in [3.05, 3.63) is 40.7 Å². The minimum Gasteiger partial charge on any atom is -0.481 e. The Balaban J connectivity index is 2.04. The van der Waals surface area contributed by atoms with Crippen LogP contribution in [0.3, 0.4) is 0 Å². The third-order valence-electron chi connectivity index (χ3n) is 2.50. The predicted octanol–water partition coefficient (Wildman–Crippen LogP) is 2.83. The van der Waals surface area contributed by atoms with Crippen LogP contribution in [0.5, 0.6) is 5.88 Å². The van der Waals surface area contributed by atoms with Gasteiger partial charge in [-0.25, -0.2) is 9.07 Å². The summed E-state index contributed by atoms with van der Waals surface area (Å²) in [4.78, 5) is 0. The summed E-state index contributed by atoms with van der Waals surface area (Å²) >= 11 is 5.70. The molecule has 1 N–H and O–H groups in total. The van der Waals surface area contributed by atoms with Gasteiger partial charge in [0.05, 0.1) is 12.1 Å². The number of aryl methyl sites for hydroxylation is 1. The van der Waals surface area contributed by atoms with Crippen molar-refractivity contribution in [1.82, 2.24) is 9.78 Å². The van der Waals surface area contributed by atoms with E-state index in [-0.39, 0.29) is 5.02 Å². The van der Waals surface area contributed by atoms with Crippen molar-refractivity contribution in [1.29, 1.82) is 0 Å². The lowest BCUT2D eigenvalue weighted by Gasteiger charge is -2.03. The lowest BCUT2D eigenvalue weighted by Crippen LogP contribution is -2.01. The molecule has 4 nitrogen and oxygen atoms in total. The topological polar surface area (TPSA) is 39.1 Å². The van der Waals surface area contributed by atoms with Crippen LogP contribution in [0.25, 0.3) is 0 Å². The molecule has 0 atom stereocenters. The van der Waals surface area contributed by atoms with Gasteiger partial charge in [-0.05, 0) is 17.7 Å². The van der Waals surface area contributed by atoms with E-state index in [4.69, 9.17) is 16.3 Å². The second kappa shape index (κ2) is 5.27. The molecule has 0 unspecified atom stereocenters. The van der Waals surface area contributed by atoms with Crippen molar-refractivity contribution in [3.8, 4) is 5.88 Å². The molecule has 0 saturated heterocycles. The molecule has 1 aromatic heterocycles. The van der Waals surface area contributed by atoms with Crippen LogP contribution >= 0.6 is 11.6 Å². The van der Waals surface area contributed by atoms with Gasteiger partial charge >= 0.3 is 0 Å². The Morgan fingerprint density at radius 2 is 2.22 bits per heavy atom. The maximum absolute atomic E-state index is 13.0. The first kappa shape index (κ1) is 12.7. The molecule has 0 radical (unpaired) electrons. The molecule has 0 spiro atoms. The van der Waals surface area contributed by atoms with E-state index >= 15 is 0 Å². The van der Waals surface area contributed by atoms with Crippen LogP contribution in [0.1, 0.15) is 5.56 Å². The molecule has 0 saturated carbocycles. The minimum atomic E-state index is -0.417. The average Bonchev–Trinajstić information content (AvgIpc) is 2.71. The largest absolute Gasteiger partial charge is 0.481 e. The van der Waals surface area contributed by atoms with E-state index in [2.05, 4.69) is 10.4 Å². The number of nitrogens with zero attached hydrogens (tertiary/aromatic N) is 2. The summed E-state index contributed by atoms with van der Waals surface area (Å²) in [6.07, 6.45) is 0. The summed E-state index contributed by atoms with van der Waals surface area (Å²) in [7, 11) is 3.37. The van der Waals surface area contributed by atoms with Crippen molar-refractivity contribution < 1.29 is 9.13 Å². The van der Waals surface area contributed by atoms with Crippen LogP contribution in [0.2, 0.25) is 5.02 Å². The molecule has 0 aliphatic rings. The molecular formula is C12H13ClFN3O. The van der Waals surface area contributed by atoms with Gasteiger partial charge in [-0.1, -0.05) is 17.7 Å². The fourth-order valence-electron chi connectivity index (χ4n) is 1.57. The van der Waals surface area contributed by atoms with Gasteiger partial charge in [0.15, 0.2) is 5.82 Å². The minimum absolute atomic E-state index is 0.118. The van der Waals surface area contributed by atoms with Gasteiger partial charge in [-0.15, -0.1) is 0 Å². The molecule has 0 bridgehead atoms. The Morgan fingerprint density at radius 1 is 1.44 bits per heavy atom. The zero-order chi connectivity index (χ0) is 13.1.